The van der Waals surface area contributed by atoms with E-state index in [0.717, 1.165) is 19.4 Å². The van der Waals surface area contributed by atoms with Gasteiger partial charge in [-0.15, -0.1) is 0 Å². The van der Waals surface area contributed by atoms with Gasteiger partial charge in [0.1, 0.15) is 0 Å². The van der Waals surface area contributed by atoms with Crippen molar-refractivity contribution in [2.45, 2.75) is 39.7 Å². The molecule has 0 aliphatic rings. The first-order chi connectivity index (χ1) is 8.08. The maximum atomic E-state index is 9.83. The Kier molecular flexibility index (Phi) is 6.23. The first kappa shape index (κ1) is 14.2. The third kappa shape index (κ3) is 6.44. The third-order valence-electron chi connectivity index (χ3n) is 2.78. The number of aryl methyl sites for hydroxylation is 2. The van der Waals surface area contributed by atoms with E-state index in [0.29, 0.717) is 12.5 Å². The Balaban J connectivity index is 2.21. The number of aliphatic hydroxyl groups is 1. The molecular weight excluding hydrogens is 210 g/mol. The molecule has 0 fully saturated rings. The fourth-order valence-corrected chi connectivity index (χ4v) is 1.84. The van der Waals surface area contributed by atoms with Gasteiger partial charge in [-0.2, -0.15) is 0 Å². The Labute approximate surface area is 105 Å². The molecule has 0 aromatic heterocycles. The van der Waals surface area contributed by atoms with E-state index in [9.17, 15) is 5.11 Å². The molecule has 0 radical (unpaired) electrons. The van der Waals surface area contributed by atoms with E-state index in [1.54, 1.807) is 0 Å². The fourth-order valence-electron chi connectivity index (χ4n) is 1.84. The first-order valence-corrected chi connectivity index (χ1v) is 6.52. The van der Waals surface area contributed by atoms with Crippen molar-refractivity contribution in [2.75, 3.05) is 13.1 Å². The number of nitrogens with one attached hydrogen (secondary N) is 1. The molecule has 1 rings (SSSR count). The van der Waals surface area contributed by atoms with Crippen molar-refractivity contribution in [3.8, 4) is 0 Å². The summed E-state index contributed by atoms with van der Waals surface area (Å²) < 4.78 is 0. The predicted octanol–water partition coefficient (Wildman–Crippen LogP) is 2.53. The molecule has 0 bridgehead atoms. The second-order valence-electron chi connectivity index (χ2n) is 5.23. The van der Waals surface area contributed by atoms with E-state index < -0.39 is 0 Å². The van der Waals surface area contributed by atoms with Crippen molar-refractivity contribution in [3.63, 3.8) is 0 Å². The minimum Gasteiger partial charge on any atom is -0.392 e. The van der Waals surface area contributed by atoms with Gasteiger partial charge in [0.15, 0.2) is 0 Å². The fraction of sp³-hybridized carbons (Fsp3) is 0.600. The Bertz CT molecular complexity index is 322. The summed E-state index contributed by atoms with van der Waals surface area (Å²) >= 11 is 0. The zero-order valence-electron chi connectivity index (χ0n) is 11.2. The van der Waals surface area contributed by atoms with Gasteiger partial charge in [-0.25, -0.2) is 0 Å². The summed E-state index contributed by atoms with van der Waals surface area (Å²) in [7, 11) is 0. The Hall–Kier alpha value is -0.860. The Morgan fingerprint density at radius 1 is 1.24 bits per heavy atom. The van der Waals surface area contributed by atoms with Crippen LogP contribution in [0.5, 0.6) is 0 Å². The van der Waals surface area contributed by atoms with Gasteiger partial charge in [-0.3, -0.25) is 0 Å². The first-order valence-electron chi connectivity index (χ1n) is 6.52. The topological polar surface area (TPSA) is 32.3 Å². The van der Waals surface area contributed by atoms with Crippen molar-refractivity contribution in [2.24, 2.45) is 5.92 Å². The lowest BCUT2D eigenvalue weighted by molar-refractivity contribution is 0.161. The summed E-state index contributed by atoms with van der Waals surface area (Å²) in [5.41, 5.74) is 2.60. The van der Waals surface area contributed by atoms with E-state index in [2.05, 4.69) is 50.4 Å². The zero-order valence-corrected chi connectivity index (χ0v) is 11.2. The molecule has 0 saturated heterocycles. The highest BCUT2D eigenvalue weighted by molar-refractivity contribution is 5.22. The highest BCUT2D eigenvalue weighted by Gasteiger charge is 2.04. The van der Waals surface area contributed by atoms with E-state index in [4.69, 9.17) is 0 Å². The van der Waals surface area contributed by atoms with Gasteiger partial charge in [0, 0.05) is 6.54 Å². The van der Waals surface area contributed by atoms with Crippen LogP contribution in [-0.4, -0.2) is 24.3 Å². The van der Waals surface area contributed by atoms with Gasteiger partial charge < -0.3 is 10.4 Å². The summed E-state index contributed by atoms with van der Waals surface area (Å²) in [5, 5.41) is 13.1. The minimum absolute atomic E-state index is 0.241. The molecule has 0 heterocycles. The van der Waals surface area contributed by atoms with Crippen molar-refractivity contribution >= 4 is 0 Å². The zero-order chi connectivity index (χ0) is 12.7. The monoisotopic (exact) mass is 235 g/mol. The SMILES string of the molecule is Cc1cccc(CC[C@H](O)CNCC(C)C)c1. The van der Waals surface area contributed by atoms with Gasteiger partial charge in [0.25, 0.3) is 0 Å². The molecule has 0 saturated carbocycles. The van der Waals surface area contributed by atoms with E-state index in [1.165, 1.54) is 11.1 Å². The van der Waals surface area contributed by atoms with Crippen LogP contribution >= 0.6 is 0 Å². The summed E-state index contributed by atoms with van der Waals surface area (Å²) in [6.45, 7) is 8.12. The molecule has 0 aliphatic heterocycles. The van der Waals surface area contributed by atoms with Crippen LogP contribution in [0.4, 0.5) is 0 Å². The van der Waals surface area contributed by atoms with Crippen molar-refractivity contribution in [1.82, 2.24) is 5.32 Å². The molecule has 0 aliphatic carbocycles. The van der Waals surface area contributed by atoms with Gasteiger partial charge >= 0.3 is 0 Å². The van der Waals surface area contributed by atoms with Crippen LogP contribution < -0.4 is 5.32 Å². The van der Waals surface area contributed by atoms with Gasteiger partial charge in [-0.1, -0.05) is 43.7 Å². The third-order valence-corrected chi connectivity index (χ3v) is 2.78. The molecule has 1 atom stereocenters. The van der Waals surface area contributed by atoms with Gasteiger partial charge in [-0.05, 0) is 37.8 Å². The Morgan fingerprint density at radius 2 is 2.00 bits per heavy atom. The molecule has 17 heavy (non-hydrogen) atoms. The van der Waals surface area contributed by atoms with Crippen LogP contribution in [0.15, 0.2) is 24.3 Å². The standard InChI is InChI=1S/C15H25NO/c1-12(2)10-16-11-15(17)8-7-14-6-4-5-13(3)9-14/h4-6,9,12,15-17H,7-8,10-11H2,1-3H3/t15-/m0/s1. The maximum absolute atomic E-state index is 9.83. The van der Waals surface area contributed by atoms with Crippen LogP contribution in [-0.2, 0) is 6.42 Å². The highest BCUT2D eigenvalue weighted by Crippen LogP contribution is 2.07. The molecule has 1 aromatic rings. The van der Waals surface area contributed by atoms with Crippen LogP contribution in [0.1, 0.15) is 31.4 Å². The van der Waals surface area contributed by atoms with E-state index >= 15 is 0 Å². The molecule has 0 unspecified atom stereocenters. The van der Waals surface area contributed by atoms with Gasteiger partial charge in [0.05, 0.1) is 6.10 Å². The van der Waals surface area contributed by atoms with Crippen molar-refractivity contribution in [1.29, 1.82) is 0 Å². The average molecular weight is 235 g/mol. The minimum atomic E-state index is -0.241. The number of rotatable bonds is 7. The molecule has 2 heteroatoms. The summed E-state index contributed by atoms with van der Waals surface area (Å²) in [4.78, 5) is 0. The molecule has 2 N–H and O–H groups in total. The molecule has 0 amide bonds. The molecule has 1 aromatic carbocycles. The predicted molar refractivity (Wildman–Crippen MR) is 73.2 cm³/mol. The van der Waals surface area contributed by atoms with E-state index in [1.807, 2.05) is 0 Å². The molecular formula is C15H25NO. The number of aliphatic hydroxyl groups excluding tert-OH is 1. The van der Waals surface area contributed by atoms with Crippen LogP contribution in [0, 0.1) is 12.8 Å². The van der Waals surface area contributed by atoms with Crippen LogP contribution in [0.25, 0.3) is 0 Å². The summed E-state index contributed by atoms with van der Waals surface area (Å²) in [6.07, 6.45) is 1.54. The maximum Gasteiger partial charge on any atom is 0.0667 e. The molecule has 0 spiro atoms. The average Bonchev–Trinajstić information content (AvgIpc) is 2.26. The smallest absolute Gasteiger partial charge is 0.0667 e. The lowest BCUT2D eigenvalue weighted by Gasteiger charge is -2.13. The second kappa shape index (κ2) is 7.46. The molecule has 96 valence electrons. The summed E-state index contributed by atoms with van der Waals surface area (Å²) in [5.74, 6) is 0.638. The quantitative estimate of drug-likeness (QED) is 0.761. The lowest BCUT2D eigenvalue weighted by atomic mass is 10.0. The summed E-state index contributed by atoms with van der Waals surface area (Å²) in [6, 6.07) is 8.49. The van der Waals surface area contributed by atoms with E-state index in [-0.39, 0.29) is 6.10 Å². The van der Waals surface area contributed by atoms with Crippen LogP contribution in [0.3, 0.4) is 0 Å². The second-order valence-corrected chi connectivity index (χ2v) is 5.23. The van der Waals surface area contributed by atoms with Gasteiger partial charge in [0.2, 0.25) is 0 Å². The number of hydrogen-bond acceptors (Lipinski definition) is 2. The highest BCUT2D eigenvalue weighted by atomic mass is 16.3. The molecule has 2 nitrogen and oxygen atoms in total. The number of hydrogen-bond donors (Lipinski definition) is 2. The Morgan fingerprint density at radius 3 is 2.65 bits per heavy atom. The normalized spacial score (nSPS) is 13.0. The number of benzene rings is 1. The van der Waals surface area contributed by atoms with Crippen molar-refractivity contribution < 1.29 is 5.11 Å². The largest absolute Gasteiger partial charge is 0.392 e. The van der Waals surface area contributed by atoms with Crippen LogP contribution in [0.2, 0.25) is 0 Å². The van der Waals surface area contributed by atoms with Crippen molar-refractivity contribution in [3.05, 3.63) is 35.4 Å². The lowest BCUT2D eigenvalue weighted by Crippen LogP contribution is -2.29.